The summed E-state index contributed by atoms with van der Waals surface area (Å²) in [5, 5.41) is 6.18. The second kappa shape index (κ2) is 8.52. The van der Waals surface area contributed by atoms with E-state index in [0.29, 0.717) is 11.3 Å². The molecule has 138 valence electrons. The molecule has 0 spiro atoms. The van der Waals surface area contributed by atoms with Crippen molar-refractivity contribution >= 4 is 39.9 Å². The summed E-state index contributed by atoms with van der Waals surface area (Å²) in [6.07, 6.45) is 0. The van der Waals surface area contributed by atoms with Crippen LogP contribution in [0.4, 0.5) is 15.8 Å². The van der Waals surface area contributed by atoms with Crippen molar-refractivity contribution in [1.29, 1.82) is 0 Å². The molecule has 0 aromatic heterocycles. The van der Waals surface area contributed by atoms with Gasteiger partial charge in [0.25, 0.3) is 5.91 Å². The number of hydrogen-bond donors (Lipinski definition) is 2. The molecule has 1 amide bonds. The summed E-state index contributed by atoms with van der Waals surface area (Å²) in [7, 11) is 0. The van der Waals surface area contributed by atoms with E-state index in [2.05, 4.69) is 33.2 Å². The molecule has 0 aliphatic carbocycles. The van der Waals surface area contributed by atoms with Gasteiger partial charge in [-0.15, -0.1) is 0 Å². The third-order valence-corrected chi connectivity index (χ3v) is 5.00. The fourth-order valence-corrected chi connectivity index (χ4v) is 3.48. The summed E-state index contributed by atoms with van der Waals surface area (Å²) >= 11 is 2.24. The number of hydrogen-bond acceptors (Lipinski definition) is 2. The summed E-state index contributed by atoms with van der Waals surface area (Å²) in [5.74, 6) is -0.648. The van der Waals surface area contributed by atoms with Gasteiger partial charge in [0.15, 0.2) is 0 Å². The van der Waals surface area contributed by atoms with Crippen molar-refractivity contribution in [3.63, 3.8) is 0 Å². The molecule has 5 heteroatoms. The van der Waals surface area contributed by atoms with Crippen LogP contribution < -0.4 is 10.6 Å². The molecule has 1 unspecified atom stereocenters. The quantitative estimate of drug-likeness (QED) is 0.448. The highest BCUT2D eigenvalue weighted by atomic mass is 127. The van der Waals surface area contributed by atoms with E-state index in [1.54, 1.807) is 0 Å². The van der Waals surface area contributed by atoms with Gasteiger partial charge in [-0.05, 0) is 84.0 Å². The van der Waals surface area contributed by atoms with Gasteiger partial charge in [0.05, 0.1) is 17.3 Å². The zero-order valence-corrected chi connectivity index (χ0v) is 17.2. The van der Waals surface area contributed by atoms with Gasteiger partial charge < -0.3 is 10.6 Å². The molecule has 0 radical (unpaired) electrons. The summed E-state index contributed by atoms with van der Waals surface area (Å²) in [6, 6.07) is 19.6. The maximum Gasteiger partial charge on any atom is 0.253 e. The normalized spacial score (nSPS) is 11.7. The largest absolute Gasteiger partial charge is 0.355 e. The third-order valence-electron chi connectivity index (χ3n) is 4.33. The molecule has 3 rings (SSSR count). The van der Waals surface area contributed by atoms with Crippen molar-refractivity contribution in [2.45, 2.75) is 19.9 Å². The highest BCUT2D eigenvalue weighted by Gasteiger charge is 2.16. The molecule has 1 atom stereocenters. The number of benzene rings is 3. The van der Waals surface area contributed by atoms with E-state index in [9.17, 15) is 9.18 Å². The first-order valence-electron chi connectivity index (χ1n) is 8.62. The van der Waals surface area contributed by atoms with Crippen LogP contribution in [0.2, 0.25) is 0 Å². The molecular formula is C22H20FIN2O. The molecular weight excluding hydrogens is 454 g/mol. The van der Waals surface area contributed by atoms with Gasteiger partial charge >= 0.3 is 0 Å². The summed E-state index contributed by atoms with van der Waals surface area (Å²) in [6.45, 7) is 3.90. The van der Waals surface area contributed by atoms with Gasteiger partial charge in [-0.25, -0.2) is 4.39 Å². The van der Waals surface area contributed by atoms with Gasteiger partial charge in [-0.1, -0.05) is 30.3 Å². The van der Waals surface area contributed by atoms with Crippen molar-refractivity contribution < 1.29 is 9.18 Å². The fraction of sp³-hybridized carbons (Fsp3) is 0.136. The van der Waals surface area contributed by atoms with E-state index < -0.39 is 5.82 Å². The second-order valence-corrected chi connectivity index (χ2v) is 7.63. The van der Waals surface area contributed by atoms with Crippen LogP contribution in [0, 0.1) is 16.3 Å². The van der Waals surface area contributed by atoms with Crippen molar-refractivity contribution in [2.24, 2.45) is 0 Å². The van der Waals surface area contributed by atoms with Crippen molar-refractivity contribution in [1.82, 2.24) is 5.32 Å². The lowest BCUT2D eigenvalue weighted by atomic mass is 10.1. The van der Waals surface area contributed by atoms with Crippen molar-refractivity contribution in [2.75, 3.05) is 5.32 Å². The number of amides is 1. The summed E-state index contributed by atoms with van der Waals surface area (Å²) < 4.78 is 14.9. The van der Waals surface area contributed by atoms with E-state index >= 15 is 0 Å². The Morgan fingerprint density at radius 1 is 1.00 bits per heavy atom. The van der Waals surface area contributed by atoms with Crippen LogP contribution in [0.15, 0.2) is 66.7 Å². The minimum Gasteiger partial charge on any atom is -0.355 e. The Morgan fingerprint density at radius 2 is 1.74 bits per heavy atom. The first-order valence-corrected chi connectivity index (χ1v) is 9.70. The van der Waals surface area contributed by atoms with Gasteiger partial charge in [-0.3, -0.25) is 4.79 Å². The monoisotopic (exact) mass is 474 g/mol. The van der Waals surface area contributed by atoms with Crippen molar-refractivity contribution in [3.05, 3.63) is 92.8 Å². The number of carbonyl (C=O) groups is 1. The number of carbonyl (C=O) groups excluding carboxylic acids is 1. The number of anilines is 2. The minimum absolute atomic E-state index is 0.156. The number of rotatable bonds is 5. The molecule has 0 heterocycles. The summed E-state index contributed by atoms with van der Waals surface area (Å²) in [4.78, 5) is 12.8. The minimum atomic E-state index is -0.395. The molecule has 0 aliphatic heterocycles. The van der Waals surface area contributed by atoms with Crippen molar-refractivity contribution in [3.8, 4) is 0 Å². The lowest BCUT2D eigenvalue weighted by Gasteiger charge is -2.17. The summed E-state index contributed by atoms with van der Waals surface area (Å²) in [5.41, 5.74) is 3.71. The zero-order valence-electron chi connectivity index (χ0n) is 15.1. The Balaban J connectivity index is 1.86. The predicted molar refractivity (Wildman–Crippen MR) is 116 cm³/mol. The lowest BCUT2D eigenvalue weighted by molar-refractivity contribution is 0.0940. The maximum atomic E-state index is 13.8. The zero-order chi connectivity index (χ0) is 19.4. The van der Waals surface area contributed by atoms with E-state index in [-0.39, 0.29) is 11.9 Å². The first-order chi connectivity index (χ1) is 12.9. The topological polar surface area (TPSA) is 41.1 Å². The highest BCUT2D eigenvalue weighted by molar-refractivity contribution is 14.1. The molecule has 0 saturated carbocycles. The number of halogens is 2. The van der Waals surface area contributed by atoms with E-state index in [1.807, 2.05) is 62.4 Å². The van der Waals surface area contributed by atoms with Gasteiger partial charge in [0.1, 0.15) is 5.82 Å². The van der Waals surface area contributed by atoms with Crippen LogP contribution in [0.5, 0.6) is 0 Å². The standard InChI is InChI=1S/C22H20FIN2O/c1-14-12-18(24)9-11-20(14)26-21-13-17(23)8-10-19(21)22(27)25-15(2)16-6-4-3-5-7-16/h3-13,15,26H,1-2H3,(H,25,27). The van der Waals surface area contributed by atoms with E-state index in [1.165, 1.54) is 18.2 Å². The average molecular weight is 474 g/mol. The Bertz CT molecular complexity index is 960. The Labute approximate surface area is 172 Å². The molecule has 3 aromatic carbocycles. The van der Waals surface area contributed by atoms with Crippen LogP contribution in [0.3, 0.4) is 0 Å². The first kappa shape index (κ1) is 19.4. The molecule has 27 heavy (non-hydrogen) atoms. The number of aryl methyl sites for hydroxylation is 1. The van der Waals surface area contributed by atoms with Gasteiger partial charge in [-0.2, -0.15) is 0 Å². The van der Waals surface area contributed by atoms with Gasteiger partial charge in [0.2, 0.25) is 0 Å². The predicted octanol–water partition coefficient (Wildman–Crippen LogP) is 5.97. The van der Waals surface area contributed by atoms with E-state index in [4.69, 9.17) is 0 Å². The second-order valence-electron chi connectivity index (χ2n) is 6.38. The van der Waals surface area contributed by atoms with Gasteiger partial charge in [0, 0.05) is 9.26 Å². The Hall–Kier alpha value is -2.41. The van der Waals surface area contributed by atoms with E-state index in [0.717, 1.165) is 20.4 Å². The Kier molecular flexibility index (Phi) is 6.11. The SMILES string of the molecule is Cc1cc(I)ccc1Nc1cc(F)ccc1C(=O)NC(C)c1ccccc1. The smallest absolute Gasteiger partial charge is 0.253 e. The number of nitrogens with one attached hydrogen (secondary N) is 2. The molecule has 3 aromatic rings. The van der Waals surface area contributed by atoms with Crippen LogP contribution in [0.1, 0.15) is 34.5 Å². The molecule has 3 nitrogen and oxygen atoms in total. The van der Waals surface area contributed by atoms with Crippen LogP contribution >= 0.6 is 22.6 Å². The highest BCUT2D eigenvalue weighted by Crippen LogP contribution is 2.26. The molecule has 2 N–H and O–H groups in total. The molecule has 0 fully saturated rings. The van der Waals surface area contributed by atoms with Crippen LogP contribution in [-0.4, -0.2) is 5.91 Å². The molecule has 0 saturated heterocycles. The van der Waals surface area contributed by atoms with Crippen LogP contribution in [0.25, 0.3) is 0 Å². The fourth-order valence-electron chi connectivity index (χ4n) is 2.83. The van der Waals surface area contributed by atoms with Crippen LogP contribution in [-0.2, 0) is 0 Å². The lowest BCUT2D eigenvalue weighted by Crippen LogP contribution is -2.27. The third kappa shape index (κ3) is 4.86. The molecule has 0 aliphatic rings. The maximum absolute atomic E-state index is 13.8. The Morgan fingerprint density at radius 3 is 2.44 bits per heavy atom. The average Bonchev–Trinajstić information content (AvgIpc) is 2.64. The molecule has 0 bridgehead atoms.